The lowest BCUT2D eigenvalue weighted by atomic mass is 10.0. The lowest BCUT2D eigenvalue weighted by molar-refractivity contribution is 0.0453. The Morgan fingerprint density at radius 2 is 2.08 bits per heavy atom. The fourth-order valence-electron chi connectivity index (χ4n) is 0.914. The Labute approximate surface area is 71.7 Å². The van der Waals surface area contributed by atoms with Crippen molar-refractivity contribution in [3.8, 4) is 0 Å². The molecule has 6 heteroatoms. The SMILES string of the molecule is CCCC(C)(CF)OS(=O)(=O)O. The lowest BCUT2D eigenvalue weighted by Crippen LogP contribution is -2.33. The predicted molar refractivity (Wildman–Crippen MR) is 41.9 cm³/mol. The largest absolute Gasteiger partial charge is 0.397 e. The van der Waals surface area contributed by atoms with Crippen LogP contribution in [0.25, 0.3) is 0 Å². The molecule has 0 aromatic rings. The van der Waals surface area contributed by atoms with E-state index in [9.17, 15) is 12.8 Å². The summed E-state index contributed by atoms with van der Waals surface area (Å²) in [4.78, 5) is 0. The summed E-state index contributed by atoms with van der Waals surface area (Å²) in [6.45, 7) is 2.12. The quantitative estimate of drug-likeness (QED) is 0.680. The van der Waals surface area contributed by atoms with Crippen molar-refractivity contribution in [3.63, 3.8) is 0 Å². The molecule has 0 heterocycles. The van der Waals surface area contributed by atoms with Gasteiger partial charge in [-0.3, -0.25) is 4.55 Å². The van der Waals surface area contributed by atoms with Crippen LogP contribution in [0, 0.1) is 0 Å². The van der Waals surface area contributed by atoms with Crippen molar-refractivity contribution in [1.82, 2.24) is 0 Å². The molecule has 0 aliphatic carbocycles. The van der Waals surface area contributed by atoms with Crippen LogP contribution in [0.4, 0.5) is 4.39 Å². The van der Waals surface area contributed by atoms with Crippen molar-refractivity contribution >= 4 is 10.4 Å². The second kappa shape index (κ2) is 4.15. The van der Waals surface area contributed by atoms with Crippen LogP contribution >= 0.6 is 0 Å². The molecule has 0 saturated heterocycles. The first-order chi connectivity index (χ1) is 5.33. The van der Waals surface area contributed by atoms with Gasteiger partial charge in [0.05, 0.1) is 0 Å². The van der Waals surface area contributed by atoms with E-state index < -0.39 is 22.7 Å². The molecule has 0 saturated carbocycles. The summed E-state index contributed by atoms with van der Waals surface area (Å²) >= 11 is 0. The van der Waals surface area contributed by atoms with Crippen molar-refractivity contribution in [2.24, 2.45) is 0 Å². The van der Waals surface area contributed by atoms with E-state index in [1.807, 2.05) is 0 Å². The summed E-state index contributed by atoms with van der Waals surface area (Å²) in [7, 11) is -4.56. The van der Waals surface area contributed by atoms with Crippen LogP contribution in [0.5, 0.6) is 0 Å². The molecule has 0 amide bonds. The molecule has 0 fully saturated rings. The maximum Gasteiger partial charge on any atom is 0.397 e. The summed E-state index contributed by atoms with van der Waals surface area (Å²) in [5, 5.41) is 0. The Bertz CT molecular complexity index is 226. The Hall–Kier alpha value is -0.200. The van der Waals surface area contributed by atoms with Crippen LogP contribution in [-0.2, 0) is 14.6 Å². The van der Waals surface area contributed by atoms with Gasteiger partial charge in [0.25, 0.3) is 0 Å². The van der Waals surface area contributed by atoms with Gasteiger partial charge in [0.1, 0.15) is 12.3 Å². The second-order valence-electron chi connectivity index (χ2n) is 2.84. The highest BCUT2D eigenvalue weighted by atomic mass is 32.3. The molecule has 1 unspecified atom stereocenters. The van der Waals surface area contributed by atoms with Crippen LogP contribution in [0.15, 0.2) is 0 Å². The minimum Gasteiger partial charge on any atom is -0.264 e. The molecule has 0 aromatic heterocycles. The van der Waals surface area contributed by atoms with E-state index in [4.69, 9.17) is 4.55 Å². The second-order valence-corrected chi connectivity index (χ2v) is 3.87. The maximum absolute atomic E-state index is 12.3. The van der Waals surface area contributed by atoms with Crippen LogP contribution in [-0.4, -0.2) is 25.2 Å². The topological polar surface area (TPSA) is 63.6 Å². The first kappa shape index (κ1) is 11.8. The molecule has 0 aliphatic rings. The van der Waals surface area contributed by atoms with Gasteiger partial charge < -0.3 is 0 Å². The van der Waals surface area contributed by atoms with Crippen LogP contribution in [0.1, 0.15) is 26.7 Å². The monoisotopic (exact) mass is 200 g/mol. The van der Waals surface area contributed by atoms with Crippen molar-refractivity contribution in [2.75, 3.05) is 6.67 Å². The van der Waals surface area contributed by atoms with E-state index in [1.165, 1.54) is 6.92 Å². The molecular formula is C6H13FO4S. The molecule has 74 valence electrons. The molecule has 1 atom stereocenters. The maximum atomic E-state index is 12.3. The van der Waals surface area contributed by atoms with Gasteiger partial charge >= 0.3 is 10.4 Å². The average Bonchev–Trinajstić information content (AvgIpc) is 1.84. The van der Waals surface area contributed by atoms with E-state index in [2.05, 4.69) is 4.18 Å². The molecule has 0 aliphatic heterocycles. The Balaban J connectivity index is 4.34. The van der Waals surface area contributed by atoms with Crippen LogP contribution in [0.3, 0.4) is 0 Å². The van der Waals surface area contributed by atoms with Gasteiger partial charge in [-0.2, -0.15) is 8.42 Å². The molecule has 0 rings (SSSR count). The zero-order chi connectivity index (χ0) is 9.83. The molecule has 0 bridgehead atoms. The minimum absolute atomic E-state index is 0.239. The molecule has 0 radical (unpaired) electrons. The predicted octanol–water partition coefficient (Wildman–Crippen LogP) is 1.33. The van der Waals surface area contributed by atoms with E-state index in [-0.39, 0.29) is 6.42 Å². The first-order valence-corrected chi connectivity index (χ1v) is 4.93. The number of hydrogen-bond donors (Lipinski definition) is 1. The van der Waals surface area contributed by atoms with Gasteiger partial charge in [-0.05, 0) is 13.3 Å². The van der Waals surface area contributed by atoms with Crippen molar-refractivity contribution < 1.29 is 21.5 Å². The molecule has 1 N–H and O–H groups in total. The van der Waals surface area contributed by atoms with Crippen LogP contribution < -0.4 is 0 Å². The average molecular weight is 200 g/mol. The summed E-state index contributed by atoms with van der Waals surface area (Å²) in [5.74, 6) is 0. The number of hydrogen-bond acceptors (Lipinski definition) is 3. The highest BCUT2D eigenvalue weighted by Crippen LogP contribution is 2.20. The van der Waals surface area contributed by atoms with Gasteiger partial charge in [-0.1, -0.05) is 13.3 Å². The fraction of sp³-hybridized carbons (Fsp3) is 1.00. The number of halogens is 1. The van der Waals surface area contributed by atoms with Gasteiger partial charge in [0.15, 0.2) is 0 Å². The number of rotatable bonds is 5. The summed E-state index contributed by atoms with van der Waals surface area (Å²) in [6, 6.07) is 0. The summed E-state index contributed by atoms with van der Waals surface area (Å²) in [5.41, 5.74) is -1.43. The molecule has 0 aromatic carbocycles. The van der Waals surface area contributed by atoms with E-state index in [0.29, 0.717) is 6.42 Å². The zero-order valence-electron chi connectivity index (χ0n) is 7.08. The number of alkyl halides is 1. The fourth-order valence-corrected chi connectivity index (χ4v) is 1.55. The van der Waals surface area contributed by atoms with E-state index in [0.717, 1.165) is 0 Å². The summed E-state index contributed by atoms with van der Waals surface area (Å²) in [6.07, 6.45) is 0.819. The lowest BCUT2D eigenvalue weighted by Gasteiger charge is -2.23. The Morgan fingerprint density at radius 1 is 1.58 bits per heavy atom. The highest BCUT2D eigenvalue weighted by molar-refractivity contribution is 7.80. The van der Waals surface area contributed by atoms with Crippen molar-refractivity contribution in [2.45, 2.75) is 32.3 Å². The van der Waals surface area contributed by atoms with E-state index in [1.54, 1.807) is 6.92 Å². The molecule has 0 spiro atoms. The Morgan fingerprint density at radius 3 is 2.33 bits per heavy atom. The van der Waals surface area contributed by atoms with Crippen molar-refractivity contribution in [3.05, 3.63) is 0 Å². The van der Waals surface area contributed by atoms with E-state index >= 15 is 0 Å². The van der Waals surface area contributed by atoms with Gasteiger partial charge in [0.2, 0.25) is 0 Å². The molecule has 4 nitrogen and oxygen atoms in total. The molecular weight excluding hydrogens is 187 g/mol. The van der Waals surface area contributed by atoms with Crippen molar-refractivity contribution in [1.29, 1.82) is 0 Å². The standard InChI is InChI=1S/C6H13FO4S/c1-3-4-6(2,5-7)11-12(8,9)10/h3-5H2,1-2H3,(H,8,9,10). The third-order valence-electron chi connectivity index (χ3n) is 1.37. The molecule has 12 heavy (non-hydrogen) atoms. The van der Waals surface area contributed by atoms with Gasteiger partial charge in [-0.25, -0.2) is 8.57 Å². The van der Waals surface area contributed by atoms with Crippen LogP contribution in [0.2, 0.25) is 0 Å². The third-order valence-corrected chi connectivity index (χ3v) is 1.98. The zero-order valence-corrected chi connectivity index (χ0v) is 7.90. The minimum atomic E-state index is -4.56. The Kier molecular flexibility index (Phi) is 4.09. The highest BCUT2D eigenvalue weighted by Gasteiger charge is 2.29. The smallest absolute Gasteiger partial charge is 0.264 e. The normalized spacial score (nSPS) is 17.3. The van der Waals surface area contributed by atoms with Gasteiger partial charge in [-0.15, -0.1) is 0 Å². The van der Waals surface area contributed by atoms with Gasteiger partial charge in [0, 0.05) is 0 Å². The third kappa shape index (κ3) is 4.63. The first-order valence-electron chi connectivity index (χ1n) is 3.57. The summed E-state index contributed by atoms with van der Waals surface area (Å²) < 4.78 is 45.2.